The van der Waals surface area contributed by atoms with Crippen molar-refractivity contribution in [3.05, 3.63) is 24.0 Å². The third kappa shape index (κ3) is 4.02. The highest BCUT2D eigenvalue weighted by Gasteiger charge is 2.45. The van der Waals surface area contributed by atoms with Gasteiger partial charge in [0.2, 0.25) is 0 Å². The van der Waals surface area contributed by atoms with Gasteiger partial charge in [-0.05, 0) is 13.3 Å². The summed E-state index contributed by atoms with van der Waals surface area (Å²) in [6.07, 6.45) is 0.497. The number of carbonyl (C=O) groups excluding carboxylic acids is 1. The molecule has 0 spiro atoms. The van der Waals surface area contributed by atoms with E-state index in [4.69, 9.17) is 14.5 Å². The molecule has 1 fully saturated rings. The van der Waals surface area contributed by atoms with Gasteiger partial charge in [0.15, 0.2) is 12.0 Å². The minimum absolute atomic E-state index is 0.122. The lowest BCUT2D eigenvalue weighted by Gasteiger charge is -2.28. The number of phosphoric acid groups is 1. The zero-order chi connectivity index (χ0) is 16.5. The van der Waals surface area contributed by atoms with Crippen molar-refractivity contribution in [1.82, 2.24) is 4.90 Å². The zero-order valence-corrected chi connectivity index (χ0v) is 12.7. The van der Waals surface area contributed by atoms with Crippen LogP contribution in [0.5, 0.6) is 0 Å². The number of rotatable bonds is 5. The second-order valence-electron chi connectivity index (χ2n) is 5.08. The van der Waals surface area contributed by atoms with Gasteiger partial charge in [-0.15, -0.1) is 0 Å². The molecular weight excluding hydrogens is 317 g/mol. The molecule has 4 atom stereocenters. The van der Waals surface area contributed by atoms with Gasteiger partial charge in [0.1, 0.15) is 18.3 Å². The Balaban J connectivity index is 2.06. The molecule has 1 unspecified atom stereocenters. The van der Waals surface area contributed by atoms with E-state index in [2.05, 4.69) is 4.52 Å². The maximum absolute atomic E-state index is 11.4. The van der Waals surface area contributed by atoms with Crippen molar-refractivity contribution in [3.8, 4) is 0 Å². The fourth-order valence-electron chi connectivity index (χ4n) is 2.25. The van der Waals surface area contributed by atoms with Crippen LogP contribution in [0.4, 0.5) is 0 Å². The van der Waals surface area contributed by atoms with Gasteiger partial charge in [-0.3, -0.25) is 9.32 Å². The first-order valence-corrected chi connectivity index (χ1v) is 8.09. The van der Waals surface area contributed by atoms with Gasteiger partial charge in [-0.1, -0.05) is 6.08 Å². The molecule has 2 rings (SSSR count). The monoisotopic (exact) mass is 335 g/mol. The number of hydrogen-bond donors (Lipinski definition) is 4. The van der Waals surface area contributed by atoms with E-state index >= 15 is 0 Å². The van der Waals surface area contributed by atoms with Crippen molar-refractivity contribution in [3.63, 3.8) is 0 Å². The lowest BCUT2D eigenvalue weighted by atomic mass is 10.1. The number of Topliss-reactive ketones (excluding diaryl/α,β-unsaturated/α-hetero) is 1. The van der Waals surface area contributed by atoms with E-state index < -0.39 is 39.0 Å². The van der Waals surface area contributed by atoms with Crippen LogP contribution in [0.3, 0.4) is 0 Å². The van der Waals surface area contributed by atoms with Crippen LogP contribution in [0, 0.1) is 0 Å². The predicted octanol–water partition coefficient (Wildman–Crippen LogP) is -0.765. The Kier molecular flexibility index (Phi) is 5.18. The van der Waals surface area contributed by atoms with Gasteiger partial charge < -0.3 is 29.6 Å². The highest BCUT2D eigenvalue weighted by Crippen LogP contribution is 2.37. The first-order valence-electron chi connectivity index (χ1n) is 6.56. The lowest BCUT2D eigenvalue weighted by Crippen LogP contribution is -2.40. The van der Waals surface area contributed by atoms with Crippen molar-refractivity contribution in [1.29, 1.82) is 0 Å². The number of aliphatic hydroxyl groups excluding tert-OH is 2. The summed E-state index contributed by atoms with van der Waals surface area (Å²) in [5.41, 5.74) is 0.516. The fraction of sp³-hybridized carbons (Fsp3) is 0.583. The maximum atomic E-state index is 11.4. The molecule has 0 bridgehead atoms. The number of phosphoric ester groups is 1. The van der Waals surface area contributed by atoms with Crippen LogP contribution in [0.2, 0.25) is 0 Å². The summed E-state index contributed by atoms with van der Waals surface area (Å²) in [6.45, 7) is 0.848. The standard InChI is InChI=1S/C12H18NO8P/c1-7(14)8-3-2-4-13(5-8)12-11(16)10(15)9(21-12)6-20-22(17,18)19/h2,4-5,9-12,15-16H,3,6H2,1H3,(H2,17,18,19)/t9-,10?,11+,12-/m1/s1. The first-order chi connectivity index (χ1) is 10.2. The average molecular weight is 335 g/mol. The van der Waals surface area contributed by atoms with Crippen LogP contribution in [0.1, 0.15) is 13.3 Å². The van der Waals surface area contributed by atoms with Crippen LogP contribution in [-0.2, 0) is 18.6 Å². The molecule has 1 saturated heterocycles. The molecule has 0 aromatic rings. The van der Waals surface area contributed by atoms with E-state index in [0.29, 0.717) is 12.0 Å². The fourth-order valence-corrected chi connectivity index (χ4v) is 2.59. The van der Waals surface area contributed by atoms with Crippen molar-refractivity contribution in [2.24, 2.45) is 0 Å². The molecular formula is C12H18NO8P. The third-order valence-corrected chi connectivity index (χ3v) is 3.90. The molecule has 2 aliphatic heterocycles. The molecule has 9 nitrogen and oxygen atoms in total. The second-order valence-corrected chi connectivity index (χ2v) is 6.32. The van der Waals surface area contributed by atoms with E-state index in [0.717, 1.165) is 0 Å². The average Bonchev–Trinajstić information content (AvgIpc) is 2.72. The Morgan fingerprint density at radius 1 is 1.45 bits per heavy atom. The highest BCUT2D eigenvalue weighted by atomic mass is 31.2. The molecule has 0 amide bonds. The first kappa shape index (κ1) is 17.3. The molecule has 0 saturated carbocycles. The number of nitrogens with zero attached hydrogens (tertiary/aromatic N) is 1. The Hall–Kier alpha value is -1.06. The maximum Gasteiger partial charge on any atom is 0.469 e. The molecule has 0 aromatic heterocycles. The quantitative estimate of drug-likeness (QED) is 0.477. The van der Waals surface area contributed by atoms with E-state index in [-0.39, 0.29) is 5.78 Å². The smallest absolute Gasteiger partial charge is 0.387 e. The molecule has 10 heteroatoms. The van der Waals surface area contributed by atoms with Crippen LogP contribution in [0.15, 0.2) is 24.0 Å². The molecule has 0 radical (unpaired) electrons. The number of hydrogen-bond acceptors (Lipinski definition) is 7. The van der Waals surface area contributed by atoms with E-state index in [1.807, 2.05) is 0 Å². The molecule has 0 aliphatic carbocycles. The van der Waals surface area contributed by atoms with E-state index in [1.54, 1.807) is 12.3 Å². The van der Waals surface area contributed by atoms with Crippen molar-refractivity contribution < 1.29 is 38.6 Å². The number of ether oxygens (including phenoxy) is 1. The molecule has 2 aliphatic rings. The SMILES string of the molecule is CC(=O)C1=CN([C@@H]2O[C@H](COP(=O)(O)O)C(O)[C@@H]2O)C=CC1. The van der Waals surface area contributed by atoms with Gasteiger partial charge in [0, 0.05) is 18.0 Å². The summed E-state index contributed by atoms with van der Waals surface area (Å²) in [7, 11) is -4.70. The third-order valence-electron chi connectivity index (χ3n) is 3.41. The summed E-state index contributed by atoms with van der Waals surface area (Å²) in [4.78, 5) is 30.2. The number of ketones is 1. The van der Waals surface area contributed by atoms with Gasteiger partial charge in [-0.2, -0.15) is 0 Å². The molecule has 2 heterocycles. The number of aliphatic hydroxyl groups is 2. The van der Waals surface area contributed by atoms with Gasteiger partial charge in [0.25, 0.3) is 0 Å². The topological polar surface area (TPSA) is 137 Å². The molecule has 4 N–H and O–H groups in total. The van der Waals surface area contributed by atoms with Crippen molar-refractivity contribution >= 4 is 13.6 Å². The summed E-state index contributed by atoms with van der Waals surface area (Å²) >= 11 is 0. The number of carbonyl (C=O) groups is 1. The van der Waals surface area contributed by atoms with E-state index in [9.17, 15) is 19.6 Å². The predicted molar refractivity (Wildman–Crippen MR) is 73.0 cm³/mol. The van der Waals surface area contributed by atoms with Crippen molar-refractivity contribution in [2.45, 2.75) is 37.9 Å². The highest BCUT2D eigenvalue weighted by molar-refractivity contribution is 7.46. The Bertz CT molecular complexity index is 541. The summed E-state index contributed by atoms with van der Waals surface area (Å²) in [5, 5.41) is 19.9. The minimum atomic E-state index is -4.70. The molecule has 0 aromatic carbocycles. The molecule has 22 heavy (non-hydrogen) atoms. The van der Waals surface area contributed by atoms with Gasteiger partial charge >= 0.3 is 7.82 Å². The normalized spacial score (nSPS) is 32.2. The van der Waals surface area contributed by atoms with Crippen LogP contribution < -0.4 is 0 Å². The summed E-state index contributed by atoms with van der Waals surface area (Å²) in [6, 6.07) is 0. The number of allylic oxidation sites excluding steroid dienone is 2. The summed E-state index contributed by atoms with van der Waals surface area (Å²) < 4.78 is 20.4. The lowest BCUT2D eigenvalue weighted by molar-refractivity contribution is -0.114. The second kappa shape index (κ2) is 6.59. The summed E-state index contributed by atoms with van der Waals surface area (Å²) in [5.74, 6) is -0.122. The van der Waals surface area contributed by atoms with Crippen LogP contribution >= 0.6 is 7.82 Å². The van der Waals surface area contributed by atoms with E-state index in [1.165, 1.54) is 18.0 Å². The Morgan fingerprint density at radius 3 is 2.73 bits per heavy atom. The van der Waals surface area contributed by atoms with Crippen LogP contribution in [0.25, 0.3) is 0 Å². The van der Waals surface area contributed by atoms with Crippen molar-refractivity contribution in [2.75, 3.05) is 6.61 Å². The Morgan fingerprint density at radius 2 is 2.14 bits per heavy atom. The Labute approximate surface area is 126 Å². The largest absolute Gasteiger partial charge is 0.469 e. The van der Waals surface area contributed by atoms with Gasteiger partial charge in [0.05, 0.1) is 6.61 Å². The minimum Gasteiger partial charge on any atom is -0.387 e. The van der Waals surface area contributed by atoms with Gasteiger partial charge in [-0.25, -0.2) is 4.57 Å². The van der Waals surface area contributed by atoms with Crippen LogP contribution in [-0.4, -0.2) is 61.8 Å². The zero-order valence-electron chi connectivity index (χ0n) is 11.8. The molecule has 124 valence electrons.